The van der Waals surface area contributed by atoms with Gasteiger partial charge < -0.3 is 9.84 Å². The van der Waals surface area contributed by atoms with Crippen LogP contribution in [0.25, 0.3) is 10.2 Å². The SMILES string of the molecule is O=c1c2c3c(sc2ncn1C[C@@H](O)COC(c1ccccc1)c1ccccc1)CCC3. The number of hydrogen-bond acceptors (Lipinski definition) is 5. The van der Waals surface area contributed by atoms with Crippen molar-refractivity contribution in [3.05, 3.63) is 98.9 Å². The van der Waals surface area contributed by atoms with Crippen LogP contribution in [0.5, 0.6) is 0 Å². The third-order valence-corrected chi connectivity index (χ3v) is 6.96. The van der Waals surface area contributed by atoms with E-state index >= 15 is 0 Å². The fraction of sp³-hybridized carbons (Fsp3) is 0.280. The Morgan fingerprint density at radius 2 is 1.71 bits per heavy atom. The molecule has 0 spiro atoms. The minimum absolute atomic E-state index is 0.0638. The Labute approximate surface area is 184 Å². The van der Waals surface area contributed by atoms with Crippen molar-refractivity contribution in [3.63, 3.8) is 0 Å². The summed E-state index contributed by atoms with van der Waals surface area (Å²) in [4.78, 5) is 19.6. The summed E-state index contributed by atoms with van der Waals surface area (Å²) in [5.74, 6) is 0. The van der Waals surface area contributed by atoms with Gasteiger partial charge in [0.1, 0.15) is 10.9 Å². The first-order valence-electron chi connectivity index (χ1n) is 10.6. The van der Waals surface area contributed by atoms with Crippen molar-refractivity contribution in [2.24, 2.45) is 0 Å². The van der Waals surface area contributed by atoms with E-state index < -0.39 is 6.10 Å². The Morgan fingerprint density at radius 3 is 2.39 bits per heavy atom. The van der Waals surface area contributed by atoms with Crippen LogP contribution in [0.15, 0.2) is 71.8 Å². The van der Waals surface area contributed by atoms with Gasteiger partial charge in [-0.25, -0.2) is 4.98 Å². The van der Waals surface area contributed by atoms with Crippen LogP contribution < -0.4 is 5.56 Å². The monoisotopic (exact) mass is 432 g/mol. The lowest BCUT2D eigenvalue weighted by atomic mass is 10.0. The Bertz CT molecular complexity index is 1190. The molecular formula is C25H24N2O3S. The van der Waals surface area contributed by atoms with E-state index in [9.17, 15) is 9.90 Å². The molecule has 4 aromatic rings. The predicted octanol–water partition coefficient (Wildman–Crippen LogP) is 4.11. The Morgan fingerprint density at radius 1 is 1.03 bits per heavy atom. The smallest absolute Gasteiger partial charge is 0.262 e. The third-order valence-electron chi connectivity index (χ3n) is 5.76. The molecule has 2 aromatic heterocycles. The van der Waals surface area contributed by atoms with Gasteiger partial charge in [0.15, 0.2) is 0 Å². The third kappa shape index (κ3) is 4.06. The van der Waals surface area contributed by atoms with E-state index in [1.54, 1.807) is 17.7 Å². The number of rotatable bonds is 7. The van der Waals surface area contributed by atoms with E-state index in [2.05, 4.69) is 4.98 Å². The van der Waals surface area contributed by atoms with Crippen LogP contribution >= 0.6 is 11.3 Å². The highest BCUT2D eigenvalue weighted by atomic mass is 32.1. The van der Waals surface area contributed by atoms with Gasteiger partial charge in [0, 0.05) is 4.88 Å². The molecule has 1 aliphatic carbocycles. The zero-order chi connectivity index (χ0) is 21.2. The summed E-state index contributed by atoms with van der Waals surface area (Å²) in [5.41, 5.74) is 3.14. The summed E-state index contributed by atoms with van der Waals surface area (Å²) in [6.45, 7) is 0.267. The quantitative estimate of drug-likeness (QED) is 0.477. The van der Waals surface area contributed by atoms with Gasteiger partial charge in [-0.2, -0.15) is 0 Å². The second-order valence-electron chi connectivity index (χ2n) is 7.93. The number of ether oxygens (including phenoxy) is 1. The van der Waals surface area contributed by atoms with Crippen LogP contribution in [0, 0.1) is 0 Å². The molecule has 0 unspecified atom stereocenters. The van der Waals surface area contributed by atoms with E-state index in [0.717, 1.165) is 46.2 Å². The maximum atomic E-state index is 13.0. The number of aromatic nitrogens is 2. The summed E-state index contributed by atoms with van der Waals surface area (Å²) >= 11 is 1.63. The molecule has 0 amide bonds. The molecule has 1 aliphatic rings. The Hall–Kier alpha value is -2.80. The molecule has 2 aromatic carbocycles. The van der Waals surface area contributed by atoms with Crippen molar-refractivity contribution in [1.29, 1.82) is 0 Å². The van der Waals surface area contributed by atoms with Gasteiger partial charge in [0.25, 0.3) is 5.56 Å². The Balaban J connectivity index is 1.33. The topological polar surface area (TPSA) is 64.4 Å². The van der Waals surface area contributed by atoms with E-state index in [4.69, 9.17) is 4.74 Å². The summed E-state index contributed by atoms with van der Waals surface area (Å²) < 4.78 is 7.67. The number of aliphatic hydroxyl groups excluding tert-OH is 1. The van der Waals surface area contributed by atoms with Gasteiger partial charge in [0.05, 0.1) is 31.0 Å². The molecule has 5 nitrogen and oxygen atoms in total. The van der Waals surface area contributed by atoms with E-state index in [-0.39, 0.29) is 24.8 Å². The highest BCUT2D eigenvalue weighted by Crippen LogP contribution is 2.34. The molecule has 0 saturated carbocycles. The van der Waals surface area contributed by atoms with Crippen molar-refractivity contribution in [2.45, 2.75) is 38.0 Å². The minimum Gasteiger partial charge on any atom is -0.389 e. The average molecular weight is 433 g/mol. The zero-order valence-corrected chi connectivity index (χ0v) is 17.9. The molecule has 1 N–H and O–H groups in total. The van der Waals surface area contributed by atoms with Crippen LogP contribution in [-0.4, -0.2) is 27.4 Å². The van der Waals surface area contributed by atoms with Gasteiger partial charge in [-0.1, -0.05) is 60.7 Å². The highest BCUT2D eigenvalue weighted by Gasteiger charge is 2.22. The van der Waals surface area contributed by atoms with E-state index in [1.165, 1.54) is 9.44 Å². The highest BCUT2D eigenvalue weighted by molar-refractivity contribution is 7.18. The molecule has 0 radical (unpaired) electrons. The molecule has 0 aliphatic heterocycles. The van der Waals surface area contributed by atoms with Gasteiger partial charge >= 0.3 is 0 Å². The molecule has 0 bridgehead atoms. The molecule has 2 heterocycles. The van der Waals surface area contributed by atoms with Crippen molar-refractivity contribution >= 4 is 21.6 Å². The summed E-state index contributed by atoms with van der Waals surface area (Å²) in [5, 5.41) is 11.4. The van der Waals surface area contributed by atoms with Crippen LogP contribution in [0.4, 0.5) is 0 Å². The molecular weight excluding hydrogens is 408 g/mol. The van der Waals surface area contributed by atoms with Crippen molar-refractivity contribution < 1.29 is 9.84 Å². The number of thiophene rings is 1. The van der Waals surface area contributed by atoms with Crippen LogP contribution in [0.1, 0.15) is 34.1 Å². The number of benzene rings is 2. The lowest BCUT2D eigenvalue weighted by molar-refractivity contribution is -0.000984. The maximum Gasteiger partial charge on any atom is 0.262 e. The van der Waals surface area contributed by atoms with E-state index in [1.807, 2.05) is 60.7 Å². The second-order valence-corrected chi connectivity index (χ2v) is 9.01. The lowest BCUT2D eigenvalue weighted by Crippen LogP contribution is -2.30. The number of fused-ring (bicyclic) bond motifs is 3. The maximum absolute atomic E-state index is 13.0. The summed E-state index contributed by atoms with van der Waals surface area (Å²) in [7, 11) is 0. The lowest BCUT2D eigenvalue weighted by Gasteiger charge is -2.21. The van der Waals surface area contributed by atoms with Crippen molar-refractivity contribution in [2.75, 3.05) is 6.61 Å². The van der Waals surface area contributed by atoms with Gasteiger partial charge in [-0.05, 0) is 36.0 Å². The van der Waals surface area contributed by atoms with Gasteiger partial charge in [0.2, 0.25) is 0 Å². The molecule has 1 atom stereocenters. The van der Waals surface area contributed by atoms with Crippen molar-refractivity contribution in [1.82, 2.24) is 9.55 Å². The molecule has 0 fully saturated rings. The van der Waals surface area contributed by atoms with Crippen LogP contribution in [-0.2, 0) is 24.1 Å². The van der Waals surface area contributed by atoms with Crippen LogP contribution in [0.3, 0.4) is 0 Å². The normalized spacial score (nSPS) is 14.3. The van der Waals surface area contributed by atoms with Gasteiger partial charge in [-0.15, -0.1) is 11.3 Å². The first-order chi connectivity index (χ1) is 15.2. The number of nitrogens with zero attached hydrogens (tertiary/aromatic N) is 2. The Kier molecular flexibility index (Phi) is 5.68. The van der Waals surface area contributed by atoms with Crippen LogP contribution in [0.2, 0.25) is 0 Å². The zero-order valence-electron chi connectivity index (χ0n) is 17.1. The van der Waals surface area contributed by atoms with E-state index in [0.29, 0.717) is 0 Å². The minimum atomic E-state index is -0.821. The second kappa shape index (κ2) is 8.75. The summed E-state index contributed by atoms with van der Waals surface area (Å²) in [6.07, 6.45) is 3.52. The molecule has 158 valence electrons. The summed E-state index contributed by atoms with van der Waals surface area (Å²) in [6, 6.07) is 19.9. The fourth-order valence-electron chi connectivity index (χ4n) is 4.28. The number of aliphatic hydroxyl groups is 1. The van der Waals surface area contributed by atoms with Gasteiger partial charge in [-0.3, -0.25) is 9.36 Å². The molecule has 31 heavy (non-hydrogen) atoms. The standard InChI is InChI=1S/C25H24N2O3S/c28-19(14-27-16-26-24-22(25(27)29)20-12-7-13-21(20)31-24)15-30-23(17-8-3-1-4-9-17)18-10-5-2-6-11-18/h1-6,8-11,16,19,23,28H,7,12-15H2/t19-/m1/s1. The fourth-order valence-corrected chi connectivity index (χ4v) is 5.50. The molecule has 5 rings (SSSR count). The molecule has 0 saturated heterocycles. The first kappa shape index (κ1) is 20.1. The first-order valence-corrected chi connectivity index (χ1v) is 11.4. The average Bonchev–Trinajstić information content (AvgIpc) is 3.39. The molecule has 6 heteroatoms. The van der Waals surface area contributed by atoms with Crippen molar-refractivity contribution in [3.8, 4) is 0 Å². The largest absolute Gasteiger partial charge is 0.389 e. The number of hydrogen-bond donors (Lipinski definition) is 1. The predicted molar refractivity (Wildman–Crippen MR) is 123 cm³/mol. The number of aryl methyl sites for hydroxylation is 2.